The number of rotatable bonds is 6. The van der Waals surface area contributed by atoms with Crippen molar-refractivity contribution in [1.82, 2.24) is 9.97 Å². The first-order chi connectivity index (χ1) is 16.0. The quantitative estimate of drug-likeness (QED) is 0.588. The highest BCUT2D eigenvalue weighted by molar-refractivity contribution is 6.07. The van der Waals surface area contributed by atoms with E-state index in [1.165, 1.54) is 0 Å². The molecule has 1 fully saturated rings. The van der Waals surface area contributed by atoms with E-state index in [0.29, 0.717) is 23.0 Å². The highest BCUT2D eigenvalue weighted by atomic mass is 16.2. The maximum Gasteiger partial charge on any atom is 0.259 e. The number of aryl methyl sites for hydroxylation is 1. The standard InChI is InChI=1S/C26H29N5O2/c1-18-12-15-31(16-13-18)25-22(11-6-19(2)28-25)26(33)29-21-9-7-20(8-10-21)17-24(32)30-23-5-3-4-14-27-23/h3-11,14,18H,12-13,15-17H2,1-2H3,(H,29,33)(H,27,30,32). The van der Waals surface area contributed by atoms with Gasteiger partial charge in [0.2, 0.25) is 5.91 Å². The predicted molar refractivity (Wildman–Crippen MR) is 131 cm³/mol. The lowest BCUT2D eigenvalue weighted by atomic mass is 9.99. The summed E-state index contributed by atoms with van der Waals surface area (Å²) in [6.07, 6.45) is 4.07. The number of piperidine rings is 1. The molecule has 0 atom stereocenters. The van der Waals surface area contributed by atoms with Crippen molar-refractivity contribution >= 4 is 29.1 Å². The predicted octanol–water partition coefficient (Wildman–Crippen LogP) is 4.45. The number of hydrogen-bond acceptors (Lipinski definition) is 5. The lowest BCUT2D eigenvalue weighted by Gasteiger charge is -2.32. The van der Waals surface area contributed by atoms with Crippen molar-refractivity contribution in [3.63, 3.8) is 0 Å². The van der Waals surface area contributed by atoms with Gasteiger partial charge in [-0.25, -0.2) is 9.97 Å². The Kier molecular flexibility index (Phi) is 6.98. The number of carbonyl (C=O) groups excluding carboxylic acids is 2. The SMILES string of the molecule is Cc1ccc(C(=O)Nc2ccc(CC(=O)Nc3ccccn3)cc2)c(N2CCC(C)CC2)n1. The number of nitrogens with zero attached hydrogens (tertiary/aromatic N) is 3. The summed E-state index contributed by atoms with van der Waals surface area (Å²) in [6.45, 7) is 6.03. The fourth-order valence-corrected chi connectivity index (χ4v) is 3.90. The normalized spacial score (nSPS) is 14.1. The second kappa shape index (κ2) is 10.3. The Bertz CT molecular complexity index is 1110. The van der Waals surface area contributed by atoms with Gasteiger partial charge in [-0.3, -0.25) is 9.59 Å². The first-order valence-electron chi connectivity index (χ1n) is 11.3. The molecule has 4 rings (SSSR count). The number of amides is 2. The summed E-state index contributed by atoms with van der Waals surface area (Å²) in [5, 5.41) is 5.74. The summed E-state index contributed by atoms with van der Waals surface area (Å²) in [5.41, 5.74) is 3.00. The third-order valence-electron chi connectivity index (χ3n) is 5.85. The van der Waals surface area contributed by atoms with Gasteiger partial charge in [-0.2, -0.15) is 0 Å². The number of benzene rings is 1. The number of nitrogens with one attached hydrogen (secondary N) is 2. The monoisotopic (exact) mass is 443 g/mol. The van der Waals surface area contributed by atoms with Crippen molar-refractivity contribution in [3.05, 3.63) is 77.6 Å². The average molecular weight is 444 g/mol. The molecule has 170 valence electrons. The van der Waals surface area contributed by atoms with Crippen LogP contribution in [0.15, 0.2) is 60.8 Å². The summed E-state index contributed by atoms with van der Waals surface area (Å²) in [7, 11) is 0. The van der Waals surface area contributed by atoms with E-state index in [4.69, 9.17) is 0 Å². The van der Waals surface area contributed by atoms with Crippen LogP contribution in [-0.4, -0.2) is 34.9 Å². The molecule has 1 aliphatic rings. The first-order valence-corrected chi connectivity index (χ1v) is 11.3. The van der Waals surface area contributed by atoms with E-state index in [1.807, 2.05) is 49.4 Å². The van der Waals surface area contributed by atoms with Gasteiger partial charge in [0, 0.05) is 30.7 Å². The van der Waals surface area contributed by atoms with E-state index in [0.717, 1.165) is 43.0 Å². The smallest absolute Gasteiger partial charge is 0.259 e. The van der Waals surface area contributed by atoms with Gasteiger partial charge >= 0.3 is 0 Å². The summed E-state index contributed by atoms with van der Waals surface area (Å²) >= 11 is 0. The minimum Gasteiger partial charge on any atom is -0.356 e. The Morgan fingerprint density at radius 2 is 1.76 bits per heavy atom. The molecule has 7 heteroatoms. The van der Waals surface area contributed by atoms with Crippen LogP contribution in [0.2, 0.25) is 0 Å². The molecule has 0 spiro atoms. The zero-order valence-electron chi connectivity index (χ0n) is 19.0. The summed E-state index contributed by atoms with van der Waals surface area (Å²) in [4.78, 5) is 36.3. The van der Waals surface area contributed by atoms with Gasteiger partial charge in [0.25, 0.3) is 5.91 Å². The van der Waals surface area contributed by atoms with Crippen LogP contribution in [-0.2, 0) is 11.2 Å². The third-order valence-corrected chi connectivity index (χ3v) is 5.85. The largest absolute Gasteiger partial charge is 0.356 e. The molecule has 1 saturated heterocycles. The van der Waals surface area contributed by atoms with Gasteiger partial charge in [0.15, 0.2) is 0 Å². The molecule has 0 unspecified atom stereocenters. The molecule has 0 radical (unpaired) electrons. The van der Waals surface area contributed by atoms with Crippen molar-refractivity contribution in [2.45, 2.75) is 33.1 Å². The van der Waals surface area contributed by atoms with Crippen LogP contribution < -0.4 is 15.5 Å². The fraction of sp³-hybridized carbons (Fsp3) is 0.308. The summed E-state index contributed by atoms with van der Waals surface area (Å²) < 4.78 is 0. The van der Waals surface area contributed by atoms with Gasteiger partial charge < -0.3 is 15.5 Å². The minimum atomic E-state index is -0.184. The van der Waals surface area contributed by atoms with Crippen LogP contribution >= 0.6 is 0 Å². The van der Waals surface area contributed by atoms with E-state index < -0.39 is 0 Å². The second-order valence-corrected chi connectivity index (χ2v) is 8.58. The minimum absolute atomic E-state index is 0.142. The fourth-order valence-electron chi connectivity index (χ4n) is 3.90. The molecule has 2 amide bonds. The maximum absolute atomic E-state index is 13.1. The van der Waals surface area contributed by atoms with Crippen LogP contribution in [0.4, 0.5) is 17.3 Å². The summed E-state index contributed by atoms with van der Waals surface area (Å²) in [5.74, 6) is 1.65. The molecule has 0 aliphatic carbocycles. The Morgan fingerprint density at radius 3 is 2.45 bits per heavy atom. The van der Waals surface area contributed by atoms with Gasteiger partial charge in [-0.05, 0) is 67.6 Å². The second-order valence-electron chi connectivity index (χ2n) is 8.58. The number of pyridine rings is 2. The van der Waals surface area contributed by atoms with E-state index in [-0.39, 0.29) is 18.2 Å². The zero-order chi connectivity index (χ0) is 23.2. The Morgan fingerprint density at radius 1 is 1.00 bits per heavy atom. The van der Waals surface area contributed by atoms with Crippen molar-refractivity contribution in [1.29, 1.82) is 0 Å². The molecule has 0 bridgehead atoms. The molecule has 2 aromatic heterocycles. The van der Waals surface area contributed by atoms with Crippen molar-refractivity contribution in [2.24, 2.45) is 5.92 Å². The van der Waals surface area contributed by atoms with Crippen LogP contribution in [0.5, 0.6) is 0 Å². The van der Waals surface area contributed by atoms with Crippen molar-refractivity contribution < 1.29 is 9.59 Å². The molecule has 3 aromatic rings. The van der Waals surface area contributed by atoms with E-state index >= 15 is 0 Å². The zero-order valence-corrected chi connectivity index (χ0v) is 19.0. The maximum atomic E-state index is 13.1. The molecule has 0 saturated carbocycles. The molecule has 1 aliphatic heterocycles. The van der Waals surface area contributed by atoms with E-state index in [2.05, 4.69) is 32.4 Å². The van der Waals surface area contributed by atoms with Crippen LogP contribution in [0.1, 0.15) is 41.4 Å². The van der Waals surface area contributed by atoms with Crippen LogP contribution in [0.3, 0.4) is 0 Å². The van der Waals surface area contributed by atoms with Crippen LogP contribution in [0.25, 0.3) is 0 Å². The number of aromatic nitrogens is 2. The lowest BCUT2D eigenvalue weighted by Crippen LogP contribution is -2.35. The highest BCUT2D eigenvalue weighted by Crippen LogP contribution is 2.26. The summed E-state index contributed by atoms with van der Waals surface area (Å²) in [6, 6.07) is 16.4. The number of carbonyl (C=O) groups is 2. The van der Waals surface area contributed by atoms with E-state index in [9.17, 15) is 9.59 Å². The molecule has 33 heavy (non-hydrogen) atoms. The molecular formula is C26H29N5O2. The Balaban J connectivity index is 1.40. The van der Waals surface area contributed by atoms with Gasteiger partial charge in [-0.1, -0.05) is 25.1 Å². The number of anilines is 3. The molecule has 3 heterocycles. The van der Waals surface area contributed by atoms with Gasteiger partial charge in [0.05, 0.1) is 12.0 Å². The highest BCUT2D eigenvalue weighted by Gasteiger charge is 2.22. The van der Waals surface area contributed by atoms with Gasteiger partial charge in [0.1, 0.15) is 11.6 Å². The molecule has 1 aromatic carbocycles. The molecule has 2 N–H and O–H groups in total. The van der Waals surface area contributed by atoms with E-state index in [1.54, 1.807) is 18.3 Å². The average Bonchev–Trinajstić information content (AvgIpc) is 2.81. The Hall–Kier alpha value is -3.74. The number of hydrogen-bond donors (Lipinski definition) is 2. The third kappa shape index (κ3) is 5.94. The molecule has 7 nitrogen and oxygen atoms in total. The first kappa shape index (κ1) is 22.5. The van der Waals surface area contributed by atoms with Crippen molar-refractivity contribution in [3.8, 4) is 0 Å². The van der Waals surface area contributed by atoms with Crippen molar-refractivity contribution in [2.75, 3.05) is 28.6 Å². The lowest BCUT2D eigenvalue weighted by molar-refractivity contribution is -0.115. The Labute approximate surface area is 194 Å². The van der Waals surface area contributed by atoms with Crippen LogP contribution in [0, 0.1) is 12.8 Å². The molecular weight excluding hydrogens is 414 g/mol. The van der Waals surface area contributed by atoms with Gasteiger partial charge in [-0.15, -0.1) is 0 Å². The topological polar surface area (TPSA) is 87.2 Å².